The van der Waals surface area contributed by atoms with Crippen LogP contribution in [0.4, 0.5) is 5.69 Å². The van der Waals surface area contributed by atoms with Gasteiger partial charge in [-0.3, -0.25) is 14.5 Å². The normalized spacial score (nSPS) is 17.8. The molecule has 0 bridgehead atoms. The van der Waals surface area contributed by atoms with Gasteiger partial charge in [0.05, 0.1) is 27.9 Å². The molecule has 0 radical (unpaired) electrons. The molecule has 1 saturated carbocycles. The molecule has 2 amide bonds. The highest BCUT2D eigenvalue weighted by Gasteiger charge is 2.25. The number of nitrogens with one attached hydrogen (secondary N) is 1. The van der Waals surface area contributed by atoms with E-state index in [2.05, 4.69) is 10.2 Å². The number of hydrogen-bond donors (Lipinski definition) is 1. The van der Waals surface area contributed by atoms with E-state index in [1.165, 1.54) is 53.4 Å². The van der Waals surface area contributed by atoms with Crippen LogP contribution in [0.25, 0.3) is 0 Å². The SMILES string of the molecule is COc1cc(NC(=O)CN2CCN(C(=O)CC3CCCCC3)CC2)cc(OC)c1OC. The lowest BCUT2D eigenvalue weighted by Gasteiger charge is -2.35. The number of anilines is 1. The molecule has 2 aliphatic rings. The van der Waals surface area contributed by atoms with Crippen molar-refractivity contribution in [3.8, 4) is 17.2 Å². The Labute approximate surface area is 184 Å². The van der Waals surface area contributed by atoms with Gasteiger partial charge in [-0.25, -0.2) is 0 Å². The van der Waals surface area contributed by atoms with Gasteiger partial charge < -0.3 is 24.4 Å². The van der Waals surface area contributed by atoms with E-state index in [4.69, 9.17) is 14.2 Å². The topological polar surface area (TPSA) is 80.3 Å². The van der Waals surface area contributed by atoms with Crippen LogP contribution in [0.5, 0.6) is 17.2 Å². The first-order valence-electron chi connectivity index (χ1n) is 11.1. The number of carbonyl (C=O) groups is 2. The van der Waals surface area contributed by atoms with Gasteiger partial charge in [-0.2, -0.15) is 0 Å². The molecular formula is C23H35N3O5. The maximum atomic E-state index is 12.6. The number of hydrogen-bond acceptors (Lipinski definition) is 6. The molecule has 2 fully saturated rings. The zero-order chi connectivity index (χ0) is 22.2. The van der Waals surface area contributed by atoms with Crippen molar-refractivity contribution in [1.82, 2.24) is 9.80 Å². The minimum atomic E-state index is -0.115. The summed E-state index contributed by atoms with van der Waals surface area (Å²) in [5.41, 5.74) is 0.584. The van der Waals surface area contributed by atoms with Crippen molar-refractivity contribution in [3.05, 3.63) is 12.1 Å². The van der Waals surface area contributed by atoms with Gasteiger partial charge in [0, 0.05) is 50.4 Å². The second kappa shape index (κ2) is 11.2. The summed E-state index contributed by atoms with van der Waals surface area (Å²) < 4.78 is 16.0. The Bertz CT molecular complexity index is 731. The lowest BCUT2D eigenvalue weighted by atomic mass is 9.86. The van der Waals surface area contributed by atoms with Gasteiger partial charge in [0.1, 0.15) is 0 Å². The summed E-state index contributed by atoms with van der Waals surface area (Å²) in [6.45, 7) is 3.06. The zero-order valence-corrected chi connectivity index (χ0v) is 18.9. The largest absolute Gasteiger partial charge is 0.493 e. The van der Waals surface area contributed by atoms with E-state index in [1.807, 2.05) is 4.90 Å². The number of ether oxygens (including phenoxy) is 3. The first-order valence-corrected chi connectivity index (χ1v) is 11.1. The molecule has 0 spiro atoms. The second-order valence-electron chi connectivity index (χ2n) is 8.33. The molecule has 31 heavy (non-hydrogen) atoms. The predicted octanol–water partition coefficient (Wildman–Crippen LogP) is 2.77. The van der Waals surface area contributed by atoms with Crippen LogP contribution in [0.3, 0.4) is 0 Å². The monoisotopic (exact) mass is 433 g/mol. The maximum Gasteiger partial charge on any atom is 0.238 e. The molecule has 3 rings (SSSR count). The molecule has 172 valence electrons. The maximum absolute atomic E-state index is 12.6. The highest BCUT2D eigenvalue weighted by atomic mass is 16.5. The highest BCUT2D eigenvalue weighted by molar-refractivity contribution is 5.93. The fourth-order valence-corrected chi connectivity index (χ4v) is 4.48. The van der Waals surface area contributed by atoms with Gasteiger partial charge in [-0.15, -0.1) is 0 Å². The van der Waals surface area contributed by atoms with E-state index >= 15 is 0 Å². The number of carbonyl (C=O) groups excluding carboxylic acids is 2. The number of rotatable bonds is 8. The number of benzene rings is 1. The molecule has 0 aromatic heterocycles. The third-order valence-corrected chi connectivity index (χ3v) is 6.23. The van der Waals surface area contributed by atoms with Crippen molar-refractivity contribution in [1.29, 1.82) is 0 Å². The standard InChI is InChI=1S/C23H35N3O5/c1-29-19-14-18(15-20(30-2)23(19)31-3)24-21(27)16-25-9-11-26(12-10-25)22(28)13-17-7-5-4-6-8-17/h14-15,17H,4-13,16H2,1-3H3,(H,24,27). The summed E-state index contributed by atoms with van der Waals surface area (Å²) in [5.74, 6) is 2.18. The van der Waals surface area contributed by atoms with Crippen LogP contribution in [-0.2, 0) is 9.59 Å². The van der Waals surface area contributed by atoms with E-state index in [1.54, 1.807) is 12.1 Å². The molecule has 0 unspecified atom stereocenters. The van der Waals surface area contributed by atoms with E-state index < -0.39 is 0 Å². The average molecular weight is 434 g/mol. The molecule has 1 saturated heterocycles. The van der Waals surface area contributed by atoms with E-state index in [0.29, 0.717) is 61.5 Å². The Morgan fingerprint density at radius 3 is 2.10 bits per heavy atom. The molecule has 8 heteroatoms. The Balaban J connectivity index is 1.47. The summed E-state index contributed by atoms with van der Waals surface area (Å²) >= 11 is 0. The van der Waals surface area contributed by atoms with Crippen LogP contribution in [0, 0.1) is 5.92 Å². The second-order valence-corrected chi connectivity index (χ2v) is 8.33. The summed E-state index contributed by atoms with van der Waals surface area (Å²) in [7, 11) is 4.62. The predicted molar refractivity (Wildman–Crippen MR) is 119 cm³/mol. The Kier molecular flexibility index (Phi) is 8.40. The zero-order valence-electron chi connectivity index (χ0n) is 18.9. The van der Waals surface area contributed by atoms with Gasteiger partial charge in [0.2, 0.25) is 17.6 Å². The molecule has 0 atom stereocenters. The molecule has 1 N–H and O–H groups in total. The lowest BCUT2D eigenvalue weighted by molar-refractivity contribution is -0.134. The van der Waals surface area contributed by atoms with Gasteiger partial charge in [-0.1, -0.05) is 19.3 Å². The molecule has 8 nitrogen and oxygen atoms in total. The van der Waals surface area contributed by atoms with Crippen molar-refractivity contribution in [2.24, 2.45) is 5.92 Å². The van der Waals surface area contributed by atoms with Gasteiger partial charge in [0.25, 0.3) is 0 Å². The smallest absolute Gasteiger partial charge is 0.238 e. The Hall–Kier alpha value is -2.48. The number of piperazine rings is 1. The number of nitrogens with zero attached hydrogens (tertiary/aromatic N) is 2. The Morgan fingerprint density at radius 1 is 0.935 bits per heavy atom. The summed E-state index contributed by atoms with van der Waals surface area (Å²) in [5, 5.41) is 2.90. The first-order chi connectivity index (χ1) is 15.0. The fraction of sp³-hybridized carbons (Fsp3) is 0.652. The summed E-state index contributed by atoms with van der Waals surface area (Å²) in [6.07, 6.45) is 6.88. The third-order valence-electron chi connectivity index (χ3n) is 6.23. The summed E-state index contributed by atoms with van der Waals surface area (Å²) in [4.78, 5) is 29.2. The average Bonchev–Trinajstić information content (AvgIpc) is 2.79. The first kappa shape index (κ1) is 23.2. The van der Waals surface area contributed by atoms with Crippen LogP contribution in [-0.4, -0.2) is 75.7 Å². The molecular weight excluding hydrogens is 398 g/mol. The summed E-state index contributed by atoms with van der Waals surface area (Å²) in [6, 6.07) is 3.42. The van der Waals surface area contributed by atoms with Gasteiger partial charge in [0.15, 0.2) is 11.5 Å². The van der Waals surface area contributed by atoms with Crippen molar-refractivity contribution < 1.29 is 23.8 Å². The van der Waals surface area contributed by atoms with Gasteiger partial charge >= 0.3 is 0 Å². The molecule has 1 heterocycles. The molecule has 1 aromatic carbocycles. The highest BCUT2D eigenvalue weighted by Crippen LogP contribution is 2.39. The van der Waals surface area contributed by atoms with Crippen molar-refractivity contribution in [3.63, 3.8) is 0 Å². The van der Waals surface area contributed by atoms with Crippen LogP contribution in [0.2, 0.25) is 0 Å². The minimum absolute atomic E-state index is 0.115. The molecule has 1 aliphatic heterocycles. The lowest BCUT2D eigenvalue weighted by Crippen LogP contribution is -2.50. The number of methoxy groups -OCH3 is 3. The Morgan fingerprint density at radius 2 is 1.55 bits per heavy atom. The van der Waals surface area contributed by atoms with Crippen molar-refractivity contribution in [2.75, 3.05) is 59.4 Å². The molecule has 1 aliphatic carbocycles. The minimum Gasteiger partial charge on any atom is -0.493 e. The van der Waals surface area contributed by atoms with Crippen LogP contribution >= 0.6 is 0 Å². The number of amides is 2. The van der Waals surface area contributed by atoms with Crippen LogP contribution in [0.1, 0.15) is 38.5 Å². The van der Waals surface area contributed by atoms with Crippen LogP contribution in [0.15, 0.2) is 12.1 Å². The van der Waals surface area contributed by atoms with Crippen molar-refractivity contribution >= 4 is 17.5 Å². The van der Waals surface area contributed by atoms with Gasteiger partial charge in [-0.05, 0) is 18.8 Å². The van der Waals surface area contributed by atoms with Crippen molar-refractivity contribution in [2.45, 2.75) is 38.5 Å². The van der Waals surface area contributed by atoms with E-state index in [9.17, 15) is 9.59 Å². The molecule has 1 aromatic rings. The van der Waals surface area contributed by atoms with Crippen LogP contribution < -0.4 is 19.5 Å². The van der Waals surface area contributed by atoms with E-state index in [0.717, 1.165) is 0 Å². The fourth-order valence-electron chi connectivity index (χ4n) is 4.48. The quantitative estimate of drug-likeness (QED) is 0.679. The third kappa shape index (κ3) is 6.26. The van der Waals surface area contributed by atoms with E-state index in [-0.39, 0.29) is 18.4 Å².